The molecule has 19 heavy (non-hydrogen) atoms. The maximum Gasteiger partial charge on any atom is 0.142 e. The molecule has 0 fully saturated rings. The lowest BCUT2D eigenvalue weighted by atomic mass is 9.94. The number of halogens is 1. The van der Waals surface area contributed by atoms with Crippen LogP contribution in [0.25, 0.3) is 0 Å². The molecule has 4 heteroatoms. The molecule has 98 valence electrons. The number of hydrogen-bond donors (Lipinski definition) is 1. The van der Waals surface area contributed by atoms with Crippen LogP contribution in [0.5, 0.6) is 5.75 Å². The first-order chi connectivity index (χ1) is 9.13. The topological polar surface area (TPSA) is 48.1 Å². The summed E-state index contributed by atoms with van der Waals surface area (Å²) in [6.07, 6.45) is 2.47. The number of aryl methyl sites for hydroxylation is 1. The Morgan fingerprint density at radius 3 is 2.89 bits per heavy atom. The Labute approximate surface area is 120 Å². The second-order valence-corrected chi connectivity index (χ2v) is 5.81. The molecule has 2 heterocycles. The van der Waals surface area contributed by atoms with E-state index < -0.39 is 0 Å². The van der Waals surface area contributed by atoms with Crippen molar-refractivity contribution in [3.8, 4) is 5.75 Å². The number of benzene rings is 1. The summed E-state index contributed by atoms with van der Waals surface area (Å²) in [6, 6.07) is 10.1. The molecule has 3 nitrogen and oxygen atoms in total. The molecule has 0 saturated heterocycles. The lowest BCUT2D eigenvalue weighted by molar-refractivity contribution is 0.157. The third-order valence-electron chi connectivity index (χ3n) is 3.38. The van der Waals surface area contributed by atoms with E-state index in [1.165, 1.54) is 5.56 Å². The van der Waals surface area contributed by atoms with Gasteiger partial charge in [-0.3, -0.25) is 4.98 Å². The first-order valence-corrected chi connectivity index (χ1v) is 7.07. The van der Waals surface area contributed by atoms with Gasteiger partial charge in [-0.15, -0.1) is 0 Å². The fourth-order valence-corrected chi connectivity index (χ4v) is 2.62. The van der Waals surface area contributed by atoms with Crippen LogP contribution in [-0.2, 0) is 0 Å². The number of rotatable bonds is 1. The van der Waals surface area contributed by atoms with E-state index in [0.29, 0.717) is 0 Å². The Morgan fingerprint density at radius 1 is 1.32 bits per heavy atom. The summed E-state index contributed by atoms with van der Waals surface area (Å²) in [5.41, 5.74) is 9.47. The zero-order valence-electron chi connectivity index (χ0n) is 10.6. The standard InChI is InChI=1S/C15H15BrN2O/c1-9-2-5-14-11(6-9)12(17)7-15(19-14)13-4-3-10(16)8-18-13/h2-6,8,12,15H,7,17H2,1H3/t12-,15?/m1/s1. The minimum atomic E-state index is -0.0710. The van der Waals surface area contributed by atoms with Crippen LogP contribution in [0, 0.1) is 6.92 Å². The van der Waals surface area contributed by atoms with Crippen LogP contribution in [0.15, 0.2) is 41.0 Å². The van der Waals surface area contributed by atoms with Gasteiger partial charge in [-0.05, 0) is 41.1 Å². The van der Waals surface area contributed by atoms with Crippen molar-refractivity contribution < 1.29 is 4.74 Å². The zero-order valence-corrected chi connectivity index (χ0v) is 12.2. The lowest BCUT2D eigenvalue weighted by Gasteiger charge is -2.30. The third-order valence-corrected chi connectivity index (χ3v) is 3.85. The van der Waals surface area contributed by atoms with Crippen LogP contribution in [-0.4, -0.2) is 4.98 Å². The number of nitrogens with two attached hydrogens (primary N) is 1. The number of nitrogens with zero attached hydrogens (tertiary/aromatic N) is 1. The van der Waals surface area contributed by atoms with Crippen molar-refractivity contribution in [3.63, 3.8) is 0 Å². The molecule has 0 saturated carbocycles. The van der Waals surface area contributed by atoms with Crippen molar-refractivity contribution in [2.24, 2.45) is 5.73 Å². The van der Waals surface area contributed by atoms with Gasteiger partial charge in [0, 0.05) is 28.7 Å². The summed E-state index contributed by atoms with van der Waals surface area (Å²) in [5.74, 6) is 0.874. The van der Waals surface area contributed by atoms with Gasteiger partial charge in [-0.1, -0.05) is 17.7 Å². The van der Waals surface area contributed by atoms with Crippen LogP contribution >= 0.6 is 15.9 Å². The van der Waals surface area contributed by atoms with Crippen LogP contribution in [0.2, 0.25) is 0 Å². The molecule has 0 spiro atoms. The zero-order chi connectivity index (χ0) is 13.4. The highest BCUT2D eigenvalue weighted by atomic mass is 79.9. The minimum Gasteiger partial charge on any atom is -0.484 e. The Hall–Kier alpha value is -1.39. The summed E-state index contributed by atoms with van der Waals surface area (Å²) in [5, 5.41) is 0. The lowest BCUT2D eigenvalue weighted by Crippen LogP contribution is -2.24. The first kappa shape index (κ1) is 12.6. The number of fused-ring (bicyclic) bond motifs is 1. The molecule has 1 aromatic heterocycles. The van der Waals surface area contributed by atoms with Gasteiger partial charge < -0.3 is 10.5 Å². The summed E-state index contributed by atoms with van der Waals surface area (Å²) >= 11 is 3.39. The molecule has 2 atom stereocenters. The maximum atomic E-state index is 6.26. The van der Waals surface area contributed by atoms with Crippen molar-refractivity contribution in [3.05, 3.63) is 57.8 Å². The molecule has 1 aliphatic rings. The average Bonchev–Trinajstić information content (AvgIpc) is 2.40. The Balaban J connectivity index is 1.92. The van der Waals surface area contributed by atoms with Crippen molar-refractivity contribution in [2.75, 3.05) is 0 Å². The van der Waals surface area contributed by atoms with Crippen molar-refractivity contribution in [1.29, 1.82) is 0 Å². The molecular formula is C15H15BrN2O. The van der Waals surface area contributed by atoms with Crippen molar-refractivity contribution in [2.45, 2.75) is 25.5 Å². The van der Waals surface area contributed by atoms with Gasteiger partial charge in [0.1, 0.15) is 11.9 Å². The van der Waals surface area contributed by atoms with E-state index in [1.807, 2.05) is 24.3 Å². The highest BCUT2D eigenvalue weighted by Crippen LogP contribution is 2.39. The number of hydrogen-bond acceptors (Lipinski definition) is 3. The van der Waals surface area contributed by atoms with Crippen LogP contribution in [0.3, 0.4) is 0 Å². The highest BCUT2D eigenvalue weighted by molar-refractivity contribution is 9.10. The average molecular weight is 319 g/mol. The molecule has 0 bridgehead atoms. The number of aromatic nitrogens is 1. The van der Waals surface area contributed by atoms with Gasteiger partial charge in [0.2, 0.25) is 0 Å². The molecule has 2 aromatic rings. The monoisotopic (exact) mass is 318 g/mol. The van der Waals surface area contributed by atoms with E-state index in [2.05, 4.69) is 33.9 Å². The van der Waals surface area contributed by atoms with Crippen molar-refractivity contribution >= 4 is 15.9 Å². The summed E-state index contributed by atoms with van der Waals surface area (Å²) < 4.78 is 6.99. The molecule has 1 aliphatic heterocycles. The third kappa shape index (κ3) is 2.51. The molecule has 0 amide bonds. The Bertz CT molecular complexity index is 598. The van der Waals surface area contributed by atoms with Gasteiger partial charge >= 0.3 is 0 Å². The van der Waals surface area contributed by atoms with E-state index in [9.17, 15) is 0 Å². The first-order valence-electron chi connectivity index (χ1n) is 6.28. The highest BCUT2D eigenvalue weighted by Gasteiger charge is 2.27. The Morgan fingerprint density at radius 2 is 2.16 bits per heavy atom. The fraction of sp³-hybridized carbons (Fsp3) is 0.267. The second kappa shape index (κ2) is 4.94. The largest absolute Gasteiger partial charge is 0.484 e. The molecule has 0 aliphatic carbocycles. The smallest absolute Gasteiger partial charge is 0.142 e. The Kier molecular flexibility index (Phi) is 3.29. The summed E-state index contributed by atoms with van der Waals surface area (Å²) in [6.45, 7) is 2.06. The SMILES string of the molecule is Cc1ccc2c(c1)[C@H](N)CC(c1ccc(Br)cn1)O2. The number of pyridine rings is 1. The summed E-state index contributed by atoms with van der Waals surface area (Å²) in [4.78, 5) is 4.40. The van der Waals surface area contributed by atoms with Crippen LogP contribution < -0.4 is 10.5 Å². The second-order valence-electron chi connectivity index (χ2n) is 4.89. The normalized spacial score (nSPS) is 21.6. The number of ether oxygens (including phenoxy) is 1. The van der Waals surface area contributed by atoms with E-state index in [4.69, 9.17) is 10.5 Å². The van der Waals surface area contributed by atoms with Gasteiger partial charge in [0.15, 0.2) is 0 Å². The van der Waals surface area contributed by atoms with E-state index in [1.54, 1.807) is 6.20 Å². The van der Waals surface area contributed by atoms with E-state index in [-0.39, 0.29) is 12.1 Å². The van der Waals surface area contributed by atoms with Crippen LogP contribution in [0.1, 0.15) is 35.4 Å². The fourth-order valence-electron chi connectivity index (χ4n) is 2.38. The van der Waals surface area contributed by atoms with Gasteiger partial charge in [-0.25, -0.2) is 0 Å². The van der Waals surface area contributed by atoms with Crippen molar-refractivity contribution in [1.82, 2.24) is 4.98 Å². The molecular weight excluding hydrogens is 304 g/mol. The van der Waals surface area contributed by atoms with Gasteiger partial charge in [0.25, 0.3) is 0 Å². The molecule has 3 rings (SSSR count). The minimum absolute atomic E-state index is 0.000836. The summed E-state index contributed by atoms with van der Waals surface area (Å²) in [7, 11) is 0. The molecule has 1 aromatic carbocycles. The maximum absolute atomic E-state index is 6.26. The predicted molar refractivity (Wildman–Crippen MR) is 78.0 cm³/mol. The van der Waals surface area contributed by atoms with Crippen LogP contribution in [0.4, 0.5) is 0 Å². The van der Waals surface area contributed by atoms with Gasteiger partial charge in [0.05, 0.1) is 5.69 Å². The quantitative estimate of drug-likeness (QED) is 0.872. The predicted octanol–water partition coefficient (Wildman–Crippen LogP) is 3.68. The molecule has 0 radical (unpaired) electrons. The van der Waals surface area contributed by atoms with E-state index >= 15 is 0 Å². The van der Waals surface area contributed by atoms with Gasteiger partial charge in [-0.2, -0.15) is 0 Å². The molecule has 1 unspecified atom stereocenters. The van der Waals surface area contributed by atoms with E-state index in [0.717, 1.165) is 27.9 Å². The molecule has 2 N–H and O–H groups in total.